The van der Waals surface area contributed by atoms with E-state index in [1.165, 1.54) is 6.07 Å². The molecule has 1 atom stereocenters. The largest absolute Gasteiger partial charge is 0.375 e. The predicted octanol–water partition coefficient (Wildman–Crippen LogP) is 2.35. The molecule has 0 aromatic heterocycles. The monoisotopic (exact) mass is 275 g/mol. The molecule has 5 heteroatoms. The van der Waals surface area contributed by atoms with Gasteiger partial charge in [-0.2, -0.15) is 0 Å². The minimum atomic E-state index is -1.96. The molecule has 3 nitrogen and oxygen atoms in total. The van der Waals surface area contributed by atoms with Crippen molar-refractivity contribution in [2.24, 2.45) is 0 Å². The van der Waals surface area contributed by atoms with Crippen molar-refractivity contribution in [2.45, 2.75) is 12.0 Å². The third kappa shape index (κ3) is 1.78. The lowest BCUT2D eigenvalue weighted by Gasteiger charge is -2.21. The van der Waals surface area contributed by atoms with Gasteiger partial charge in [-0.3, -0.25) is 4.79 Å². The van der Waals surface area contributed by atoms with Crippen molar-refractivity contribution in [3.63, 3.8) is 0 Å². The minimum absolute atomic E-state index is 0.304. The summed E-state index contributed by atoms with van der Waals surface area (Å²) in [5.74, 6) is -2.24. The Labute approximate surface area is 113 Å². The first-order valence-electron chi connectivity index (χ1n) is 6.08. The fourth-order valence-electron chi connectivity index (χ4n) is 2.43. The fourth-order valence-corrected chi connectivity index (χ4v) is 2.43. The molecule has 1 unspecified atom stereocenters. The lowest BCUT2D eigenvalue weighted by atomic mass is 9.88. The predicted molar refractivity (Wildman–Crippen MR) is 69.0 cm³/mol. The Balaban J connectivity index is 2.08. The second-order valence-corrected chi connectivity index (χ2v) is 4.74. The minimum Gasteiger partial charge on any atom is -0.375 e. The van der Waals surface area contributed by atoms with Crippen LogP contribution >= 0.6 is 0 Å². The van der Waals surface area contributed by atoms with Gasteiger partial charge < -0.3 is 10.4 Å². The van der Waals surface area contributed by atoms with Crippen molar-refractivity contribution in [1.82, 2.24) is 0 Å². The highest BCUT2D eigenvalue weighted by Crippen LogP contribution is 2.38. The topological polar surface area (TPSA) is 49.3 Å². The SMILES string of the molecule is O=C1Nc2ccccc2C1(O)Cc1c(F)cccc1F. The third-order valence-corrected chi connectivity index (χ3v) is 3.49. The van der Waals surface area contributed by atoms with Crippen LogP contribution in [0.1, 0.15) is 11.1 Å². The van der Waals surface area contributed by atoms with Gasteiger partial charge in [0.15, 0.2) is 5.60 Å². The highest BCUT2D eigenvalue weighted by atomic mass is 19.1. The summed E-state index contributed by atoms with van der Waals surface area (Å²) in [6, 6.07) is 9.98. The van der Waals surface area contributed by atoms with Crippen molar-refractivity contribution in [2.75, 3.05) is 5.32 Å². The lowest BCUT2D eigenvalue weighted by molar-refractivity contribution is -0.133. The summed E-state index contributed by atoms with van der Waals surface area (Å²) in [6.45, 7) is 0. The first kappa shape index (κ1) is 12.7. The second kappa shape index (κ2) is 4.38. The van der Waals surface area contributed by atoms with Crippen LogP contribution < -0.4 is 5.32 Å². The molecule has 20 heavy (non-hydrogen) atoms. The Bertz CT molecular complexity index is 682. The Morgan fingerprint density at radius 3 is 2.40 bits per heavy atom. The van der Waals surface area contributed by atoms with Crippen LogP contribution in [-0.4, -0.2) is 11.0 Å². The summed E-state index contributed by atoms with van der Waals surface area (Å²) in [4.78, 5) is 12.0. The third-order valence-electron chi connectivity index (χ3n) is 3.49. The van der Waals surface area contributed by atoms with Crippen molar-refractivity contribution in [1.29, 1.82) is 0 Å². The summed E-state index contributed by atoms with van der Waals surface area (Å²) >= 11 is 0. The number of hydrogen-bond donors (Lipinski definition) is 2. The van der Waals surface area contributed by atoms with Gasteiger partial charge in [0.1, 0.15) is 11.6 Å². The molecule has 0 aliphatic carbocycles. The molecular formula is C15H11F2NO2. The number of benzene rings is 2. The zero-order valence-electron chi connectivity index (χ0n) is 10.4. The van der Waals surface area contributed by atoms with Gasteiger partial charge >= 0.3 is 0 Å². The van der Waals surface area contributed by atoms with Gasteiger partial charge in [0.05, 0.1) is 0 Å². The summed E-state index contributed by atoms with van der Waals surface area (Å²) < 4.78 is 27.4. The van der Waals surface area contributed by atoms with Crippen molar-refractivity contribution >= 4 is 11.6 Å². The molecule has 2 N–H and O–H groups in total. The number of para-hydroxylation sites is 1. The number of carbonyl (C=O) groups excluding carboxylic acids is 1. The van der Waals surface area contributed by atoms with Gasteiger partial charge in [-0.15, -0.1) is 0 Å². The van der Waals surface area contributed by atoms with E-state index in [0.717, 1.165) is 12.1 Å². The molecule has 0 saturated carbocycles. The maximum atomic E-state index is 13.7. The van der Waals surface area contributed by atoms with Crippen molar-refractivity contribution < 1.29 is 18.7 Å². The average molecular weight is 275 g/mol. The standard InChI is InChI=1S/C15H11F2NO2/c16-11-5-3-6-12(17)9(11)8-15(20)10-4-1-2-7-13(10)18-14(15)19/h1-7,20H,8H2,(H,18,19). The average Bonchev–Trinajstić information content (AvgIpc) is 2.67. The van der Waals surface area contributed by atoms with Crippen molar-refractivity contribution in [3.05, 3.63) is 65.2 Å². The molecule has 2 aromatic carbocycles. The van der Waals surface area contributed by atoms with Crippen LogP contribution in [0.5, 0.6) is 0 Å². The van der Waals surface area contributed by atoms with E-state index in [2.05, 4.69) is 5.32 Å². The second-order valence-electron chi connectivity index (χ2n) is 4.74. The molecule has 0 spiro atoms. The number of carbonyl (C=O) groups is 1. The normalized spacial score (nSPS) is 20.6. The molecular weight excluding hydrogens is 264 g/mol. The van der Waals surface area contributed by atoms with Crippen LogP contribution in [0.4, 0.5) is 14.5 Å². The Morgan fingerprint density at radius 1 is 1.05 bits per heavy atom. The fraction of sp³-hybridized carbons (Fsp3) is 0.133. The molecule has 0 bridgehead atoms. The van der Waals surface area contributed by atoms with E-state index >= 15 is 0 Å². The lowest BCUT2D eigenvalue weighted by Crippen LogP contribution is -2.37. The number of amides is 1. The molecule has 1 aliphatic rings. The van der Waals surface area contributed by atoms with E-state index in [1.807, 2.05) is 0 Å². The van der Waals surface area contributed by atoms with Crippen LogP contribution in [-0.2, 0) is 16.8 Å². The summed E-state index contributed by atoms with van der Waals surface area (Å²) in [7, 11) is 0. The maximum absolute atomic E-state index is 13.7. The van der Waals surface area contributed by atoms with Crippen LogP contribution in [0.2, 0.25) is 0 Å². The van der Waals surface area contributed by atoms with Gasteiger partial charge in [0, 0.05) is 23.2 Å². The number of anilines is 1. The zero-order chi connectivity index (χ0) is 14.3. The quantitative estimate of drug-likeness (QED) is 0.884. The van der Waals surface area contributed by atoms with E-state index in [0.29, 0.717) is 11.3 Å². The van der Waals surface area contributed by atoms with Crippen LogP contribution in [0.25, 0.3) is 0 Å². The van der Waals surface area contributed by atoms with E-state index < -0.39 is 29.6 Å². The van der Waals surface area contributed by atoms with Gasteiger partial charge in [0.25, 0.3) is 5.91 Å². The van der Waals surface area contributed by atoms with Gasteiger partial charge in [-0.25, -0.2) is 8.78 Å². The molecule has 102 valence electrons. The number of halogens is 2. The zero-order valence-corrected chi connectivity index (χ0v) is 10.4. The Morgan fingerprint density at radius 2 is 1.70 bits per heavy atom. The van der Waals surface area contributed by atoms with Crippen LogP contribution in [0.15, 0.2) is 42.5 Å². The Kier molecular flexibility index (Phi) is 2.79. The van der Waals surface area contributed by atoms with E-state index in [-0.39, 0.29) is 5.56 Å². The summed E-state index contributed by atoms with van der Waals surface area (Å²) in [5.41, 5.74) is -1.48. The van der Waals surface area contributed by atoms with E-state index in [9.17, 15) is 18.7 Å². The van der Waals surface area contributed by atoms with E-state index in [1.54, 1.807) is 24.3 Å². The highest BCUT2D eigenvalue weighted by Gasteiger charge is 2.45. The molecule has 0 fully saturated rings. The van der Waals surface area contributed by atoms with E-state index in [4.69, 9.17) is 0 Å². The molecule has 2 aromatic rings. The van der Waals surface area contributed by atoms with Gasteiger partial charge in [-0.05, 0) is 18.2 Å². The van der Waals surface area contributed by atoms with Crippen molar-refractivity contribution in [3.8, 4) is 0 Å². The highest BCUT2D eigenvalue weighted by molar-refractivity contribution is 6.05. The molecule has 3 rings (SSSR count). The molecule has 0 radical (unpaired) electrons. The number of rotatable bonds is 2. The smallest absolute Gasteiger partial charge is 0.261 e. The van der Waals surface area contributed by atoms with Gasteiger partial charge in [0.2, 0.25) is 0 Å². The number of aliphatic hydroxyl groups is 1. The van der Waals surface area contributed by atoms with Crippen LogP contribution in [0, 0.1) is 11.6 Å². The summed E-state index contributed by atoms with van der Waals surface area (Å²) in [5, 5.41) is 13.1. The number of nitrogens with one attached hydrogen (secondary N) is 1. The molecule has 1 amide bonds. The molecule has 1 aliphatic heterocycles. The first-order valence-corrected chi connectivity index (χ1v) is 6.08. The van der Waals surface area contributed by atoms with Crippen LogP contribution in [0.3, 0.4) is 0 Å². The number of fused-ring (bicyclic) bond motifs is 1. The first-order chi connectivity index (χ1) is 9.52. The number of hydrogen-bond acceptors (Lipinski definition) is 2. The Hall–Kier alpha value is -2.27. The summed E-state index contributed by atoms with van der Waals surface area (Å²) in [6.07, 6.45) is -0.450. The van der Waals surface area contributed by atoms with Gasteiger partial charge in [-0.1, -0.05) is 24.3 Å². The maximum Gasteiger partial charge on any atom is 0.261 e. The molecule has 0 saturated heterocycles. The molecule has 1 heterocycles.